The van der Waals surface area contributed by atoms with Gasteiger partial charge in [0.05, 0.1) is 0 Å². The SMILES string of the molecule is CCC[CH](O)[Na]. The third kappa shape index (κ3) is 4.96. The van der Waals surface area contributed by atoms with Crippen molar-refractivity contribution in [3.8, 4) is 0 Å². The van der Waals surface area contributed by atoms with Gasteiger partial charge in [0.25, 0.3) is 0 Å². The summed E-state index contributed by atoms with van der Waals surface area (Å²) >= 11 is 0.934. The predicted octanol–water partition coefficient (Wildman–Crippen LogP) is 0.273. The Morgan fingerprint density at radius 2 is 2.33 bits per heavy atom. The molecule has 0 spiro atoms. The van der Waals surface area contributed by atoms with Gasteiger partial charge in [-0.05, 0) is 0 Å². The summed E-state index contributed by atoms with van der Waals surface area (Å²) in [4.78, 5) is 0. The fourth-order valence-electron chi connectivity index (χ4n) is 0.418. The topological polar surface area (TPSA) is 20.2 Å². The first-order valence-electron chi connectivity index (χ1n) is 2.45. The summed E-state index contributed by atoms with van der Waals surface area (Å²) in [6.07, 6.45) is 2.11. The van der Waals surface area contributed by atoms with Crippen LogP contribution >= 0.6 is 0 Å². The normalized spacial score (nSPS) is 14.7. The monoisotopic (exact) mass is 96.1 g/mol. The zero-order valence-electron chi connectivity index (χ0n) is 4.44. The summed E-state index contributed by atoms with van der Waals surface area (Å²) < 4.78 is 0.0370. The molecular weight excluding hydrogens is 87.0 g/mol. The van der Waals surface area contributed by atoms with Crippen LogP contribution in [-0.2, 0) is 0 Å². The second-order valence-electron chi connectivity index (χ2n) is 1.64. The second kappa shape index (κ2) is 4.13. The first kappa shape index (κ1) is 6.96. The Morgan fingerprint density at radius 3 is 2.33 bits per heavy atom. The van der Waals surface area contributed by atoms with Crippen LogP contribution < -0.4 is 0 Å². The Hall–Kier alpha value is 0.960. The Kier molecular flexibility index (Phi) is 4.79. The van der Waals surface area contributed by atoms with E-state index < -0.39 is 0 Å². The Morgan fingerprint density at radius 1 is 1.83 bits per heavy atom. The summed E-state index contributed by atoms with van der Waals surface area (Å²) in [6, 6.07) is 0. The molecule has 1 N–H and O–H groups in total. The molecule has 0 aliphatic heterocycles. The zero-order valence-corrected chi connectivity index (χ0v) is 6.44. The molecule has 0 aromatic rings. The molecule has 0 rings (SSSR count). The van der Waals surface area contributed by atoms with E-state index in [1.54, 1.807) is 0 Å². The number of rotatable bonds is 2. The van der Waals surface area contributed by atoms with E-state index in [0.29, 0.717) is 0 Å². The molecule has 0 aromatic heterocycles. The molecule has 0 amide bonds. The molecule has 0 aromatic carbocycles. The van der Waals surface area contributed by atoms with Crippen molar-refractivity contribution in [3.05, 3.63) is 0 Å². The van der Waals surface area contributed by atoms with E-state index in [0.717, 1.165) is 40.8 Å². The molecule has 0 aliphatic carbocycles. The third-order valence-electron chi connectivity index (χ3n) is 0.706. The van der Waals surface area contributed by atoms with E-state index in [1.807, 2.05) is 0 Å². The van der Waals surface area contributed by atoms with Gasteiger partial charge < -0.3 is 0 Å². The summed E-state index contributed by atoms with van der Waals surface area (Å²) in [5, 5.41) is 8.61. The van der Waals surface area contributed by atoms with Crippen molar-refractivity contribution >= 4 is 27.9 Å². The average Bonchev–Trinajstić information content (AvgIpc) is 1.35. The molecule has 0 saturated heterocycles. The van der Waals surface area contributed by atoms with Crippen molar-refractivity contribution < 1.29 is 5.11 Å². The first-order valence-corrected chi connectivity index (χ1v) is 3.61. The van der Waals surface area contributed by atoms with Gasteiger partial charge in [-0.15, -0.1) is 0 Å². The fourth-order valence-corrected chi connectivity index (χ4v) is 0.995. The van der Waals surface area contributed by atoms with E-state index >= 15 is 0 Å². The summed E-state index contributed by atoms with van der Waals surface area (Å²) in [5.41, 5.74) is 0. The van der Waals surface area contributed by atoms with Gasteiger partial charge in [-0.3, -0.25) is 0 Å². The molecule has 1 unspecified atom stereocenters. The van der Waals surface area contributed by atoms with Gasteiger partial charge in [-0.25, -0.2) is 0 Å². The molecular formula is C4H9NaO. The van der Waals surface area contributed by atoms with Crippen molar-refractivity contribution in [1.29, 1.82) is 0 Å². The molecule has 1 nitrogen and oxygen atoms in total. The first-order chi connectivity index (χ1) is 2.77. The third-order valence-corrected chi connectivity index (χ3v) is 1.28. The molecule has 1 atom stereocenters. The second-order valence-corrected chi connectivity index (χ2v) is 2.97. The van der Waals surface area contributed by atoms with E-state index in [4.69, 9.17) is 5.11 Å². The summed E-state index contributed by atoms with van der Waals surface area (Å²) in [7, 11) is 0. The molecule has 0 aliphatic rings. The molecule has 0 heterocycles. The molecule has 0 fully saturated rings. The van der Waals surface area contributed by atoms with Crippen LogP contribution in [0.4, 0.5) is 0 Å². The van der Waals surface area contributed by atoms with E-state index in [2.05, 4.69) is 6.92 Å². The Balaban J connectivity index is 2.63. The van der Waals surface area contributed by atoms with Gasteiger partial charge in [0.2, 0.25) is 0 Å². The molecule has 0 bridgehead atoms. The van der Waals surface area contributed by atoms with Crippen molar-refractivity contribution in [2.45, 2.75) is 23.1 Å². The van der Waals surface area contributed by atoms with Gasteiger partial charge in [0.15, 0.2) is 0 Å². The standard InChI is InChI=1S/C4H9O.Na/c1-2-3-4-5;/h4-5H,2-3H2,1H3;. The van der Waals surface area contributed by atoms with Gasteiger partial charge in [0, 0.05) is 0 Å². The van der Waals surface area contributed by atoms with Crippen LogP contribution in [-0.4, -0.2) is 36.4 Å². The predicted molar refractivity (Wildman–Crippen MR) is 26.7 cm³/mol. The van der Waals surface area contributed by atoms with Crippen LogP contribution in [0.1, 0.15) is 19.8 Å². The van der Waals surface area contributed by atoms with Crippen LogP contribution in [0.3, 0.4) is 0 Å². The van der Waals surface area contributed by atoms with Crippen molar-refractivity contribution in [1.82, 2.24) is 0 Å². The van der Waals surface area contributed by atoms with Crippen LogP contribution in [0.15, 0.2) is 0 Å². The Labute approximate surface area is 56.2 Å². The molecule has 6 heavy (non-hydrogen) atoms. The van der Waals surface area contributed by atoms with Crippen LogP contribution in [0.5, 0.6) is 0 Å². The average molecular weight is 96.1 g/mol. The summed E-state index contributed by atoms with van der Waals surface area (Å²) in [6.45, 7) is 2.08. The van der Waals surface area contributed by atoms with Gasteiger partial charge in [0.1, 0.15) is 0 Å². The van der Waals surface area contributed by atoms with Crippen LogP contribution in [0.2, 0.25) is 0 Å². The van der Waals surface area contributed by atoms with Crippen LogP contribution in [0, 0.1) is 0 Å². The van der Waals surface area contributed by atoms with Crippen molar-refractivity contribution in [3.63, 3.8) is 0 Å². The van der Waals surface area contributed by atoms with Gasteiger partial charge in [-0.2, -0.15) is 0 Å². The summed E-state index contributed by atoms with van der Waals surface area (Å²) in [5.74, 6) is 0. The van der Waals surface area contributed by atoms with Crippen LogP contribution in [0.25, 0.3) is 0 Å². The van der Waals surface area contributed by atoms with Gasteiger partial charge >= 0.3 is 56.2 Å². The number of hydrogen-bond acceptors (Lipinski definition) is 1. The number of aliphatic hydroxyl groups excluding tert-OH is 1. The van der Waals surface area contributed by atoms with Gasteiger partial charge in [-0.1, -0.05) is 0 Å². The van der Waals surface area contributed by atoms with Crippen molar-refractivity contribution in [2.24, 2.45) is 0 Å². The minimum absolute atomic E-state index is 0.0370. The number of hydrogen-bond donors (Lipinski definition) is 1. The van der Waals surface area contributed by atoms with Crippen molar-refractivity contribution in [2.75, 3.05) is 0 Å². The molecule has 2 heteroatoms. The maximum atomic E-state index is 8.61. The molecule has 0 saturated carbocycles. The maximum absolute atomic E-state index is 8.61. The van der Waals surface area contributed by atoms with E-state index in [9.17, 15) is 0 Å². The number of aliphatic hydroxyl groups is 1. The van der Waals surface area contributed by atoms with E-state index in [-0.39, 0.29) is 3.35 Å². The Bertz CT molecular complexity index is 28.7. The fraction of sp³-hybridized carbons (Fsp3) is 1.00. The molecule has 0 radical (unpaired) electrons. The quantitative estimate of drug-likeness (QED) is 0.489. The van der Waals surface area contributed by atoms with E-state index in [1.165, 1.54) is 0 Å². The zero-order chi connectivity index (χ0) is 4.99. The minimum atomic E-state index is 0.0370. The molecule has 32 valence electrons.